The van der Waals surface area contributed by atoms with E-state index in [-0.39, 0.29) is 18.3 Å². The highest BCUT2D eigenvalue weighted by Gasteiger charge is 2.52. The van der Waals surface area contributed by atoms with Crippen molar-refractivity contribution in [2.24, 2.45) is 0 Å². The van der Waals surface area contributed by atoms with Gasteiger partial charge in [-0.1, -0.05) is 60.7 Å². The molecule has 0 aliphatic carbocycles. The van der Waals surface area contributed by atoms with E-state index in [2.05, 4.69) is 94.4 Å². The van der Waals surface area contributed by atoms with Gasteiger partial charge in [0.05, 0.1) is 11.2 Å². The van der Waals surface area contributed by atoms with Crippen molar-refractivity contribution in [1.29, 1.82) is 0 Å². The molecule has 0 N–H and O–H groups in total. The smallest absolute Gasteiger partial charge is 0.399 e. The summed E-state index contributed by atoms with van der Waals surface area (Å²) < 4.78 is 15.5. The summed E-state index contributed by atoms with van der Waals surface area (Å²) >= 11 is 1.88. The van der Waals surface area contributed by atoms with Gasteiger partial charge in [-0.05, 0) is 55.4 Å². The standard InChI is InChI=1S/C26H23BO2S/c1-25(2)26(3,4)29-27(28-25)21-10-7-9-19-17(21)14-12-16-13-15-20-18-8-5-6-11-22(18)30-24(20)23(16)19/h5-15H,1-4H3. The maximum atomic E-state index is 6.39. The molecule has 5 aromatic rings. The van der Waals surface area contributed by atoms with Crippen LogP contribution in [0.3, 0.4) is 0 Å². The molecule has 0 spiro atoms. The second kappa shape index (κ2) is 6.07. The van der Waals surface area contributed by atoms with Gasteiger partial charge in [-0.2, -0.15) is 0 Å². The summed E-state index contributed by atoms with van der Waals surface area (Å²) in [4.78, 5) is 0. The SMILES string of the molecule is CC1(C)OB(c2cccc3c2ccc2ccc4c5ccccc5sc4c23)OC1(C)C. The molecule has 1 fully saturated rings. The molecule has 1 aliphatic heterocycles. The fourth-order valence-electron chi connectivity index (χ4n) is 4.56. The predicted molar refractivity (Wildman–Crippen MR) is 130 cm³/mol. The van der Waals surface area contributed by atoms with E-state index < -0.39 is 0 Å². The van der Waals surface area contributed by atoms with Crippen LogP contribution in [0.2, 0.25) is 0 Å². The molecule has 0 radical (unpaired) electrons. The van der Waals surface area contributed by atoms with Crippen molar-refractivity contribution in [3.8, 4) is 0 Å². The summed E-state index contributed by atoms with van der Waals surface area (Å²) in [5, 5.41) is 7.72. The summed E-state index contributed by atoms with van der Waals surface area (Å²) in [5.74, 6) is 0. The summed E-state index contributed by atoms with van der Waals surface area (Å²) in [7, 11) is -0.363. The van der Waals surface area contributed by atoms with Crippen molar-refractivity contribution >= 4 is 65.6 Å². The summed E-state index contributed by atoms with van der Waals surface area (Å²) in [6, 6.07) is 24.2. The molecule has 2 nitrogen and oxygen atoms in total. The fraction of sp³-hybridized carbons (Fsp3) is 0.231. The molecule has 2 heterocycles. The predicted octanol–water partition coefficient (Wildman–Crippen LogP) is 6.66. The molecule has 4 aromatic carbocycles. The van der Waals surface area contributed by atoms with Gasteiger partial charge in [0.1, 0.15) is 0 Å². The Hall–Kier alpha value is -2.40. The molecule has 0 atom stereocenters. The Morgan fingerprint density at radius 3 is 2.10 bits per heavy atom. The van der Waals surface area contributed by atoms with Crippen molar-refractivity contribution in [3.63, 3.8) is 0 Å². The lowest BCUT2D eigenvalue weighted by Gasteiger charge is -2.32. The number of rotatable bonds is 1. The van der Waals surface area contributed by atoms with Gasteiger partial charge in [0.2, 0.25) is 0 Å². The molecule has 1 aromatic heterocycles. The van der Waals surface area contributed by atoms with Gasteiger partial charge < -0.3 is 9.31 Å². The summed E-state index contributed by atoms with van der Waals surface area (Å²) in [6.07, 6.45) is 0. The van der Waals surface area contributed by atoms with E-state index in [1.165, 1.54) is 41.7 Å². The number of fused-ring (bicyclic) bond motifs is 7. The third-order valence-electron chi connectivity index (χ3n) is 6.93. The molecule has 1 aliphatic rings. The van der Waals surface area contributed by atoms with Gasteiger partial charge in [-0.25, -0.2) is 0 Å². The fourth-order valence-corrected chi connectivity index (χ4v) is 5.83. The van der Waals surface area contributed by atoms with Gasteiger partial charge in [-0.3, -0.25) is 0 Å². The van der Waals surface area contributed by atoms with Gasteiger partial charge >= 0.3 is 7.12 Å². The highest BCUT2D eigenvalue weighted by molar-refractivity contribution is 7.26. The topological polar surface area (TPSA) is 18.5 Å². The van der Waals surface area contributed by atoms with Crippen LogP contribution in [0.5, 0.6) is 0 Å². The third-order valence-corrected chi connectivity index (χ3v) is 8.13. The molecular formula is C26H23BO2S. The molecular weight excluding hydrogens is 387 g/mol. The first-order valence-electron chi connectivity index (χ1n) is 10.5. The average molecular weight is 410 g/mol. The largest absolute Gasteiger partial charge is 0.495 e. The number of hydrogen-bond acceptors (Lipinski definition) is 3. The van der Waals surface area contributed by atoms with Crippen LogP contribution in [0.15, 0.2) is 66.7 Å². The van der Waals surface area contributed by atoms with Crippen molar-refractivity contribution in [2.45, 2.75) is 38.9 Å². The Labute approximate surface area is 180 Å². The van der Waals surface area contributed by atoms with Crippen LogP contribution in [-0.4, -0.2) is 18.3 Å². The molecule has 0 saturated carbocycles. The van der Waals surface area contributed by atoms with Crippen LogP contribution in [0.25, 0.3) is 41.7 Å². The van der Waals surface area contributed by atoms with Crippen molar-refractivity contribution in [2.75, 3.05) is 0 Å². The van der Waals surface area contributed by atoms with Crippen molar-refractivity contribution < 1.29 is 9.31 Å². The van der Waals surface area contributed by atoms with E-state index >= 15 is 0 Å². The zero-order chi connectivity index (χ0) is 20.7. The van der Waals surface area contributed by atoms with Gasteiger partial charge in [0.25, 0.3) is 0 Å². The van der Waals surface area contributed by atoms with E-state index in [1.807, 2.05) is 11.3 Å². The molecule has 30 heavy (non-hydrogen) atoms. The second-order valence-corrected chi connectivity index (χ2v) is 10.3. The molecule has 148 valence electrons. The van der Waals surface area contributed by atoms with Crippen LogP contribution in [0.4, 0.5) is 0 Å². The van der Waals surface area contributed by atoms with Gasteiger partial charge in [0.15, 0.2) is 0 Å². The highest BCUT2D eigenvalue weighted by atomic mass is 32.1. The maximum Gasteiger partial charge on any atom is 0.495 e. The number of thiophene rings is 1. The average Bonchev–Trinajstić information content (AvgIpc) is 3.20. The molecule has 0 amide bonds. The summed E-state index contributed by atoms with van der Waals surface area (Å²) in [5.41, 5.74) is 0.399. The lowest BCUT2D eigenvalue weighted by atomic mass is 9.75. The van der Waals surface area contributed by atoms with Crippen LogP contribution in [-0.2, 0) is 9.31 Å². The van der Waals surface area contributed by atoms with Gasteiger partial charge in [-0.15, -0.1) is 11.3 Å². The van der Waals surface area contributed by atoms with Crippen LogP contribution < -0.4 is 5.46 Å². The van der Waals surface area contributed by atoms with E-state index in [9.17, 15) is 0 Å². The molecule has 6 rings (SSSR count). The Morgan fingerprint density at radius 1 is 0.667 bits per heavy atom. The maximum absolute atomic E-state index is 6.39. The monoisotopic (exact) mass is 410 g/mol. The molecule has 0 unspecified atom stereocenters. The van der Waals surface area contributed by atoms with Gasteiger partial charge in [0, 0.05) is 25.6 Å². The van der Waals surface area contributed by atoms with E-state index in [0.29, 0.717) is 0 Å². The van der Waals surface area contributed by atoms with Crippen LogP contribution >= 0.6 is 11.3 Å². The summed E-state index contributed by atoms with van der Waals surface area (Å²) in [6.45, 7) is 8.42. The Kier molecular flexibility index (Phi) is 3.72. The number of benzene rings is 4. The Morgan fingerprint density at radius 2 is 1.33 bits per heavy atom. The normalized spacial score (nSPS) is 18.2. The third kappa shape index (κ3) is 2.45. The molecule has 4 heteroatoms. The zero-order valence-corrected chi connectivity index (χ0v) is 18.5. The quantitative estimate of drug-likeness (QED) is 0.227. The minimum absolute atomic E-state index is 0.352. The lowest BCUT2D eigenvalue weighted by Crippen LogP contribution is -2.41. The van der Waals surface area contributed by atoms with Crippen LogP contribution in [0.1, 0.15) is 27.7 Å². The first-order chi connectivity index (χ1) is 14.4. The highest BCUT2D eigenvalue weighted by Crippen LogP contribution is 2.41. The van der Waals surface area contributed by atoms with Crippen molar-refractivity contribution in [1.82, 2.24) is 0 Å². The van der Waals surface area contributed by atoms with Crippen molar-refractivity contribution in [3.05, 3.63) is 66.7 Å². The lowest BCUT2D eigenvalue weighted by molar-refractivity contribution is 0.00578. The second-order valence-electron chi connectivity index (χ2n) is 9.23. The van der Waals surface area contributed by atoms with E-state index in [0.717, 1.165) is 5.46 Å². The number of hydrogen-bond donors (Lipinski definition) is 0. The van der Waals surface area contributed by atoms with E-state index in [4.69, 9.17) is 9.31 Å². The minimum atomic E-state index is -0.363. The molecule has 0 bridgehead atoms. The Bertz CT molecular complexity index is 1450. The van der Waals surface area contributed by atoms with E-state index in [1.54, 1.807) is 0 Å². The van der Waals surface area contributed by atoms with Crippen LogP contribution in [0, 0.1) is 0 Å². The molecule has 1 saturated heterocycles. The zero-order valence-electron chi connectivity index (χ0n) is 17.7. The Balaban J connectivity index is 1.66. The first-order valence-corrected chi connectivity index (χ1v) is 11.3. The first kappa shape index (κ1) is 18.4. The minimum Gasteiger partial charge on any atom is -0.399 e.